The van der Waals surface area contributed by atoms with Gasteiger partial charge in [-0.1, -0.05) is 11.6 Å². The zero-order valence-electron chi connectivity index (χ0n) is 10.0. The predicted octanol–water partition coefficient (Wildman–Crippen LogP) is 2.45. The van der Waals surface area contributed by atoms with E-state index in [-0.39, 0.29) is 17.7 Å². The Morgan fingerprint density at radius 2 is 2.13 bits per heavy atom. The van der Waals surface area contributed by atoms with Gasteiger partial charge in [0.2, 0.25) is 0 Å². The van der Waals surface area contributed by atoms with Gasteiger partial charge >= 0.3 is 5.97 Å². The Balaban J connectivity index is 2.21. The molecule has 0 unspecified atom stereocenters. The molecule has 2 atom stereocenters. The predicted molar refractivity (Wildman–Crippen MR) is 58.6 cm³/mol. The van der Waals surface area contributed by atoms with Gasteiger partial charge in [0.15, 0.2) is 0 Å². The summed E-state index contributed by atoms with van der Waals surface area (Å²) in [6, 6.07) is 0. The van der Waals surface area contributed by atoms with E-state index in [0.29, 0.717) is 6.61 Å². The molecule has 0 aromatic rings. The van der Waals surface area contributed by atoms with Crippen LogP contribution in [0.25, 0.3) is 0 Å². The fraction of sp³-hybridized carbons (Fsp3) is 0.750. The minimum Gasteiger partial charge on any atom is -0.463 e. The SMILES string of the molecule is CC(=O)OC[C@H]1O[C@]1(C)CCC=C(C)C. The van der Waals surface area contributed by atoms with Gasteiger partial charge in [-0.25, -0.2) is 0 Å². The average Bonchev–Trinajstić information content (AvgIpc) is 2.73. The summed E-state index contributed by atoms with van der Waals surface area (Å²) in [7, 11) is 0. The Labute approximate surface area is 91.4 Å². The summed E-state index contributed by atoms with van der Waals surface area (Å²) < 4.78 is 10.4. The molecule has 0 amide bonds. The lowest BCUT2D eigenvalue weighted by atomic mass is 10.0. The molecule has 0 spiro atoms. The maximum absolute atomic E-state index is 10.6. The van der Waals surface area contributed by atoms with Crippen LogP contribution in [0.1, 0.15) is 40.5 Å². The summed E-state index contributed by atoms with van der Waals surface area (Å²) in [5.74, 6) is -0.239. The van der Waals surface area contributed by atoms with Gasteiger partial charge in [-0.3, -0.25) is 4.79 Å². The molecule has 1 saturated heterocycles. The van der Waals surface area contributed by atoms with Crippen LogP contribution in [0.3, 0.4) is 0 Å². The van der Waals surface area contributed by atoms with Crippen molar-refractivity contribution in [2.24, 2.45) is 0 Å². The molecule has 3 nitrogen and oxygen atoms in total. The monoisotopic (exact) mass is 212 g/mol. The molecular weight excluding hydrogens is 192 g/mol. The molecule has 0 saturated carbocycles. The van der Waals surface area contributed by atoms with Crippen molar-refractivity contribution in [2.45, 2.75) is 52.2 Å². The van der Waals surface area contributed by atoms with Crippen LogP contribution in [-0.2, 0) is 14.3 Å². The molecule has 0 aromatic carbocycles. The summed E-state index contributed by atoms with van der Waals surface area (Å²) >= 11 is 0. The topological polar surface area (TPSA) is 38.8 Å². The van der Waals surface area contributed by atoms with E-state index < -0.39 is 0 Å². The van der Waals surface area contributed by atoms with Crippen molar-refractivity contribution in [1.29, 1.82) is 0 Å². The van der Waals surface area contributed by atoms with E-state index in [9.17, 15) is 4.79 Å². The zero-order valence-corrected chi connectivity index (χ0v) is 10.0. The van der Waals surface area contributed by atoms with Crippen LogP contribution in [0.4, 0.5) is 0 Å². The molecule has 0 radical (unpaired) electrons. The van der Waals surface area contributed by atoms with Crippen LogP contribution in [0.5, 0.6) is 0 Å². The van der Waals surface area contributed by atoms with Crippen molar-refractivity contribution < 1.29 is 14.3 Å². The minimum atomic E-state index is -0.239. The van der Waals surface area contributed by atoms with Crippen LogP contribution in [0, 0.1) is 0 Å². The number of allylic oxidation sites excluding steroid dienone is 2. The third-order valence-electron chi connectivity index (χ3n) is 2.67. The standard InChI is InChI=1S/C12H20O3/c1-9(2)6-5-7-12(4)11(15-12)8-14-10(3)13/h6,11H,5,7-8H2,1-4H3/t11-,12-/m1/s1. The van der Waals surface area contributed by atoms with Crippen molar-refractivity contribution in [3.8, 4) is 0 Å². The summed E-state index contributed by atoms with van der Waals surface area (Å²) in [5.41, 5.74) is 1.25. The van der Waals surface area contributed by atoms with E-state index in [1.165, 1.54) is 12.5 Å². The fourth-order valence-corrected chi connectivity index (χ4v) is 1.56. The molecule has 1 fully saturated rings. The molecular formula is C12H20O3. The number of ether oxygens (including phenoxy) is 2. The van der Waals surface area contributed by atoms with E-state index >= 15 is 0 Å². The second kappa shape index (κ2) is 4.79. The lowest BCUT2D eigenvalue weighted by Crippen LogP contribution is -2.15. The van der Waals surface area contributed by atoms with Gasteiger partial charge in [-0.05, 0) is 33.6 Å². The molecule has 0 aliphatic carbocycles. The first-order chi connectivity index (χ1) is 6.94. The van der Waals surface area contributed by atoms with Gasteiger partial charge < -0.3 is 9.47 Å². The van der Waals surface area contributed by atoms with Crippen LogP contribution in [0.2, 0.25) is 0 Å². The lowest BCUT2D eigenvalue weighted by Gasteiger charge is -2.04. The molecule has 0 bridgehead atoms. The maximum atomic E-state index is 10.6. The van der Waals surface area contributed by atoms with Crippen molar-refractivity contribution in [1.82, 2.24) is 0 Å². The lowest BCUT2D eigenvalue weighted by molar-refractivity contribution is -0.141. The van der Waals surface area contributed by atoms with Gasteiger partial charge in [0.25, 0.3) is 0 Å². The minimum absolute atomic E-state index is 0.0819. The van der Waals surface area contributed by atoms with Crippen LogP contribution in [-0.4, -0.2) is 24.3 Å². The molecule has 0 aromatic heterocycles. The summed E-state index contributed by atoms with van der Waals surface area (Å²) in [5, 5.41) is 0. The summed E-state index contributed by atoms with van der Waals surface area (Å²) in [6.45, 7) is 8.06. The summed E-state index contributed by atoms with van der Waals surface area (Å²) in [6.07, 6.45) is 4.31. The van der Waals surface area contributed by atoms with E-state index in [4.69, 9.17) is 9.47 Å². The van der Waals surface area contributed by atoms with E-state index in [2.05, 4.69) is 26.8 Å². The van der Waals surface area contributed by atoms with Gasteiger partial charge in [-0.2, -0.15) is 0 Å². The highest BCUT2D eigenvalue weighted by Crippen LogP contribution is 2.40. The number of carbonyl (C=O) groups is 1. The molecule has 1 aliphatic heterocycles. The molecule has 1 rings (SSSR count). The van der Waals surface area contributed by atoms with Crippen LogP contribution in [0.15, 0.2) is 11.6 Å². The van der Waals surface area contributed by atoms with E-state index in [1.54, 1.807) is 0 Å². The zero-order chi connectivity index (χ0) is 11.5. The van der Waals surface area contributed by atoms with Gasteiger partial charge in [0.05, 0.1) is 5.60 Å². The Kier molecular flexibility index (Phi) is 3.91. The number of hydrogen-bond acceptors (Lipinski definition) is 3. The maximum Gasteiger partial charge on any atom is 0.302 e. The second-order valence-corrected chi connectivity index (χ2v) is 4.54. The third kappa shape index (κ3) is 4.04. The number of rotatable bonds is 5. The Morgan fingerprint density at radius 1 is 1.47 bits per heavy atom. The van der Waals surface area contributed by atoms with E-state index in [1.807, 2.05) is 0 Å². The number of epoxide rings is 1. The first-order valence-corrected chi connectivity index (χ1v) is 5.38. The van der Waals surface area contributed by atoms with Gasteiger partial charge in [-0.15, -0.1) is 0 Å². The number of hydrogen-bond donors (Lipinski definition) is 0. The second-order valence-electron chi connectivity index (χ2n) is 4.54. The van der Waals surface area contributed by atoms with Crippen molar-refractivity contribution in [3.05, 3.63) is 11.6 Å². The van der Waals surface area contributed by atoms with Crippen molar-refractivity contribution >= 4 is 5.97 Å². The smallest absolute Gasteiger partial charge is 0.302 e. The van der Waals surface area contributed by atoms with Gasteiger partial charge in [0.1, 0.15) is 12.7 Å². The normalized spacial score (nSPS) is 28.4. The Hall–Kier alpha value is -0.830. The fourth-order valence-electron chi connectivity index (χ4n) is 1.56. The highest BCUT2D eigenvalue weighted by molar-refractivity contribution is 5.65. The van der Waals surface area contributed by atoms with E-state index in [0.717, 1.165) is 12.8 Å². The number of carbonyl (C=O) groups excluding carboxylic acids is 1. The van der Waals surface area contributed by atoms with Crippen LogP contribution >= 0.6 is 0 Å². The third-order valence-corrected chi connectivity index (χ3v) is 2.67. The first-order valence-electron chi connectivity index (χ1n) is 5.38. The molecule has 86 valence electrons. The van der Waals surface area contributed by atoms with Crippen LogP contribution < -0.4 is 0 Å². The molecule has 15 heavy (non-hydrogen) atoms. The number of esters is 1. The molecule has 0 N–H and O–H groups in total. The van der Waals surface area contributed by atoms with Crippen molar-refractivity contribution in [3.63, 3.8) is 0 Å². The highest BCUT2D eigenvalue weighted by Gasteiger charge is 2.51. The molecule has 1 aliphatic rings. The summed E-state index contributed by atoms with van der Waals surface area (Å²) in [4.78, 5) is 10.6. The Morgan fingerprint density at radius 3 is 2.67 bits per heavy atom. The van der Waals surface area contributed by atoms with Gasteiger partial charge in [0, 0.05) is 6.92 Å². The molecule has 1 heterocycles. The largest absolute Gasteiger partial charge is 0.463 e. The Bertz CT molecular complexity index is 266. The quantitative estimate of drug-likeness (QED) is 0.399. The first kappa shape index (κ1) is 12.2. The highest BCUT2D eigenvalue weighted by atomic mass is 16.6. The average molecular weight is 212 g/mol. The molecule has 3 heteroatoms. The van der Waals surface area contributed by atoms with Crippen molar-refractivity contribution in [2.75, 3.05) is 6.61 Å².